The van der Waals surface area contributed by atoms with Gasteiger partial charge in [0.1, 0.15) is 0 Å². The number of fused-ring (bicyclic) bond motifs is 1. The van der Waals surface area contributed by atoms with E-state index in [1.807, 2.05) is 25.2 Å². The second kappa shape index (κ2) is 6.39. The Morgan fingerprint density at radius 3 is 2.48 bits per heavy atom. The fourth-order valence-electron chi connectivity index (χ4n) is 3.18. The van der Waals surface area contributed by atoms with Crippen LogP contribution in [-0.4, -0.2) is 7.05 Å². The van der Waals surface area contributed by atoms with Gasteiger partial charge in [0.25, 0.3) is 0 Å². The van der Waals surface area contributed by atoms with E-state index < -0.39 is 0 Å². The Kier molecular flexibility index (Phi) is 4.54. The molecule has 3 heteroatoms. The summed E-state index contributed by atoms with van der Waals surface area (Å²) in [5, 5.41) is 4.80. The first kappa shape index (κ1) is 14.9. The van der Waals surface area contributed by atoms with Gasteiger partial charge in [0.05, 0.1) is 0 Å². The average molecular weight is 320 g/mol. The second-order valence-corrected chi connectivity index (χ2v) is 6.45. The Bertz CT molecular complexity index is 631. The Hall–Kier alpha value is -1.02. The van der Waals surface area contributed by atoms with Crippen LogP contribution in [0.25, 0.3) is 0 Å². The molecule has 1 N–H and O–H groups in total. The van der Waals surface area contributed by atoms with Crippen LogP contribution in [0.4, 0.5) is 0 Å². The van der Waals surface area contributed by atoms with Crippen molar-refractivity contribution >= 4 is 23.2 Å². The molecule has 0 aromatic heterocycles. The van der Waals surface area contributed by atoms with E-state index in [1.165, 1.54) is 36.0 Å². The van der Waals surface area contributed by atoms with Crippen molar-refractivity contribution in [1.82, 2.24) is 5.32 Å². The van der Waals surface area contributed by atoms with Gasteiger partial charge in [-0.2, -0.15) is 0 Å². The molecule has 0 spiro atoms. The molecule has 0 bridgehead atoms. The standard InChI is InChI=1S/C18H19Cl2N/c1-21-17(18-15(19)6-3-7-16(18)20)11-12-8-9-13-4-2-5-14(13)10-12/h3,6-10,17,21H,2,4-5,11H2,1H3. The third-order valence-electron chi connectivity index (χ3n) is 4.30. The van der Waals surface area contributed by atoms with E-state index in [1.54, 1.807) is 0 Å². The van der Waals surface area contributed by atoms with Crippen LogP contribution < -0.4 is 5.32 Å². The highest BCUT2D eigenvalue weighted by Crippen LogP contribution is 2.33. The lowest BCUT2D eigenvalue weighted by Crippen LogP contribution is -2.19. The summed E-state index contributed by atoms with van der Waals surface area (Å²) in [4.78, 5) is 0. The zero-order valence-corrected chi connectivity index (χ0v) is 13.6. The summed E-state index contributed by atoms with van der Waals surface area (Å²) in [6.07, 6.45) is 4.61. The summed E-state index contributed by atoms with van der Waals surface area (Å²) in [5.41, 5.74) is 5.35. The molecule has 0 radical (unpaired) electrons. The second-order valence-electron chi connectivity index (χ2n) is 5.64. The molecule has 3 rings (SSSR count). The molecule has 1 atom stereocenters. The highest BCUT2D eigenvalue weighted by molar-refractivity contribution is 6.36. The zero-order valence-electron chi connectivity index (χ0n) is 12.1. The highest BCUT2D eigenvalue weighted by atomic mass is 35.5. The maximum absolute atomic E-state index is 6.34. The Balaban J connectivity index is 1.88. The van der Waals surface area contributed by atoms with Gasteiger partial charge in [-0.3, -0.25) is 0 Å². The fraction of sp³-hybridized carbons (Fsp3) is 0.333. The first-order chi connectivity index (χ1) is 10.2. The number of benzene rings is 2. The third-order valence-corrected chi connectivity index (χ3v) is 4.96. The van der Waals surface area contributed by atoms with Crippen molar-refractivity contribution in [2.24, 2.45) is 0 Å². The summed E-state index contributed by atoms with van der Waals surface area (Å²) >= 11 is 12.7. The van der Waals surface area contributed by atoms with Crippen LogP contribution in [0, 0.1) is 0 Å². The van der Waals surface area contributed by atoms with Crippen molar-refractivity contribution in [3.63, 3.8) is 0 Å². The fourth-order valence-corrected chi connectivity index (χ4v) is 3.84. The molecule has 110 valence electrons. The van der Waals surface area contributed by atoms with E-state index in [9.17, 15) is 0 Å². The van der Waals surface area contributed by atoms with Crippen molar-refractivity contribution in [2.45, 2.75) is 31.7 Å². The number of hydrogen-bond donors (Lipinski definition) is 1. The molecule has 21 heavy (non-hydrogen) atoms. The molecule has 0 aliphatic heterocycles. The van der Waals surface area contributed by atoms with Crippen molar-refractivity contribution < 1.29 is 0 Å². The molecule has 1 aliphatic carbocycles. The molecule has 1 nitrogen and oxygen atoms in total. The first-order valence-corrected chi connectivity index (χ1v) is 8.16. The smallest absolute Gasteiger partial charge is 0.0468 e. The highest BCUT2D eigenvalue weighted by Gasteiger charge is 2.18. The molecule has 0 amide bonds. The number of aryl methyl sites for hydroxylation is 2. The third kappa shape index (κ3) is 3.11. The zero-order chi connectivity index (χ0) is 14.8. The first-order valence-electron chi connectivity index (χ1n) is 7.41. The Morgan fingerprint density at radius 2 is 1.76 bits per heavy atom. The van der Waals surface area contributed by atoms with Crippen LogP contribution in [-0.2, 0) is 19.3 Å². The predicted octanol–water partition coefficient (Wildman–Crippen LogP) is 4.99. The average Bonchev–Trinajstić information content (AvgIpc) is 2.93. The molecule has 0 fully saturated rings. The Morgan fingerprint density at radius 1 is 1.05 bits per heavy atom. The minimum Gasteiger partial charge on any atom is -0.313 e. The maximum atomic E-state index is 6.34. The van der Waals surface area contributed by atoms with E-state index in [0.717, 1.165) is 22.0 Å². The molecular weight excluding hydrogens is 301 g/mol. The summed E-state index contributed by atoms with van der Waals surface area (Å²) in [5.74, 6) is 0. The molecule has 0 saturated heterocycles. The Labute approximate surface area is 136 Å². The van der Waals surface area contributed by atoms with Gasteiger partial charge in [0.15, 0.2) is 0 Å². The van der Waals surface area contributed by atoms with Gasteiger partial charge in [-0.1, -0.05) is 47.5 Å². The van der Waals surface area contributed by atoms with Crippen LogP contribution in [0.15, 0.2) is 36.4 Å². The summed E-state index contributed by atoms with van der Waals surface area (Å²) < 4.78 is 0. The minimum absolute atomic E-state index is 0.130. The normalized spacial score (nSPS) is 15.0. The number of likely N-dealkylation sites (N-methyl/N-ethyl adjacent to an activating group) is 1. The van der Waals surface area contributed by atoms with Gasteiger partial charge < -0.3 is 5.32 Å². The van der Waals surface area contributed by atoms with Gasteiger partial charge in [-0.15, -0.1) is 0 Å². The van der Waals surface area contributed by atoms with Crippen LogP contribution in [0.5, 0.6) is 0 Å². The van der Waals surface area contributed by atoms with E-state index >= 15 is 0 Å². The van der Waals surface area contributed by atoms with Crippen LogP contribution in [0.2, 0.25) is 10.0 Å². The lowest BCUT2D eigenvalue weighted by molar-refractivity contribution is 0.592. The maximum Gasteiger partial charge on any atom is 0.0468 e. The van der Waals surface area contributed by atoms with Crippen molar-refractivity contribution in [3.05, 3.63) is 68.7 Å². The number of hydrogen-bond acceptors (Lipinski definition) is 1. The molecule has 0 saturated carbocycles. The van der Waals surface area contributed by atoms with Crippen molar-refractivity contribution in [2.75, 3.05) is 7.05 Å². The van der Waals surface area contributed by atoms with Crippen LogP contribution >= 0.6 is 23.2 Å². The van der Waals surface area contributed by atoms with E-state index in [0.29, 0.717) is 0 Å². The lowest BCUT2D eigenvalue weighted by Gasteiger charge is -2.20. The summed E-state index contributed by atoms with van der Waals surface area (Å²) in [6.45, 7) is 0. The largest absolute Gasteiger partial charge is 0.313 e. The number of nitrogens with one attached hydrogen (secondary N) is 1. The quantitative estimate of drug-likeness (QED) is 0.837. The van der Waals surface area contributed by atoms with E-state index in [4.69, 9.17) is 23.2 Å². The predicted molar refractivity (Wildman–Crippen MR) is 90.4 cm³/mol. The minimum atomic E-state index is 0.130. The van der Waals surface area contributed by atoms with Crippen LogP contribution in [0.3, 0.4) is 0 Å². The lowest BCUT2D eigenvalue weighted by atomic mass is 9.96. The molecule has 0 heterocycles. The van der Waals surface area contributed by atoms with Gasteiger partial charge in [0.2, 0.25) is 0 Å². The molecule has 2 aromatic rings. The van der Waals surface area contributed by atoms with Gasteiger partial charge >= 0.3 is 0 Å². The summed E-state index contributed by atoms with van der Waals surface area (Å²) in [7, 11) is 1.96. The number of halogens is 2. The van der Waals surface area contributed by atoms with E-state index in [-0.39, 0.29) is 6.04 Å². The van der Waals surface area contributed by atoms with Gasteiger partial charge in [-0.05, 0) is 61.6 Å². The molecule has 1 aliphatic rings. The van der Waals surface area contributed by atoms with Gasteiger partial charge in [-0.25, -0.2) is 0 Å². The van der Waals surface area contributed by atoms with E-state index in [2.05, 4.69) is 23.5 Å². The molecule has 1 unspecified atom stereocenters. The SMILES string of the molecule is CNC(Cc1ccc2c(c1)CCC2)c1c(Cl)cccc1Cl. The monoisotopic (exact) mass is 319 g/mol. The number of rotatable bonds is 4. The molecular formula is C18H19Cl2N. The molecule has 2 aromatic carbocycles. The van der Waals surface area contributed by atoms with Gasteiger partial charge in [0, 0.05) is 21.7 Å². The summed E-state index contributed by atoms with van der Waals surface area (Å²) in [6, 6.07) is 12.7. The topological polar surface area (TPSA) is 12.0 Å². The van der Waals surface area contributed by atoms with Crippen molar-refractivity contribution in [1.29, 1.82) is 0 Å². The van der Waals surface area contributed by atoms with Crippen molar-refractivity contribution in [3.8, 4) is 0 Å². The van der Waals surface area contributed by atoms with Crippen LogP contribution in [0.1, 0.15) is 34.7 Å².